The first-order chi connectivity index (χ1) is 7.58. The van der Waals surface area contributed by atoms with E-state index in [2.05, 4.69) is 5.32 Å². The zero-order chi connectivity index (χ0) is 12.0. The molecule has 1 saturated heterocycles. The van der Waals surface area contributed by atoms with E-state index in [1.807, 2.05) is 13.8 Å². The summed E-state index contributed by atoms with van der Waals surface area (Å²) in [7, 11) is -0.970. The molecule has 1 heterocycles. The van der Waals surface area contributed by atoms with Crippen LogP contribution in [0.4, 0.5) is 0 Å². The standard InChI is InChI=1S/C11H23NO3S/c1-9(2)12-6-10(13)7-16(14)8-11-4-3-5-15-11/h9-13H,3-8H2,1-2H3. The Morgan fingerprint density at radius 3 is 2.88 bits per heavy atom. The lowest BCUT2D eigenvalue weighted by Crippen LogP contribution is -2.35. The fourth-order valence-electron chi connectivity index (χ4n) is 1.70. The van der Waals surface area contributed by atoms with Gasteiger partial charge in [-0.1, -0.05) is 13.8 Å². The molecule has 4 nitrogen and oxygen atoms in total. The molecule has 0 radical (unpaired) electrons. The predicted octanol–water partition coefficient (Wildman–Crippen LogP) is 0.273. The van der Waals surface area contributed by atoms with Gasteiger partial charge in [0.05, 0.1) is 18.0 Å². The molecule has 0 aliphatic carbocycles. The highest BCUT2D eigenvalue weighted by molar-refractivity contribution is 7.85. The van der Waals surface area contributed by atoms with E-state index in [4.69, 9.17) is 4.74 Å². The molecule has 1 aliphatic heterocycles. The van der Waals surface area contributed by atoms with Crippen LogP contribution in [0.15, 0.2) is 0 Å². The predicted molar refractivity (Wildman–Crippen MR) is 66.0 cm³/mol. The Hall–Kier alpha value is 0.0300. The Kier molecular flexibility index (Phi) is 6.49. The molecule has 16 heavy (non-hydrogen) atoms. The third kappa shape index (κ3) is 5.94. The van der Waals surface area contributed by atoms with Crippen LogP contribution >= 0.6 is 0 Å². The van der Waals surface area contributed by atoms with E-state index in [-0.39, 0.29) is 6.10 Å². The van der Waals surface area contributed by atoms with Gasteiger partial charge in [0, 0.05) is 35.7 Å². The number of rotatable bonds is 7. The molecule has 0 aromatic rings. The van der Waals surface area contributed by atoms with Crippen molar-refractivity contribution in [1.29, 1.82) is 0 Å². The molecule has 96 valence electrons. The van der Waals surface area contributed by atoms with Gasteiger partial charge in [-0.25, -0.2) is 0 Å². The maximum absolute atomic E-state index is 11.7. The molecule has 2 N–H and O–H groups in total. The van der Waals surface area contributed by atoms with Crippen LogP contribution in [0, 0.1) is 0 Å². The summed E-state index contributed by atoms with van der Waals surface area (Å²) in [6.45, 7) is 5.35. The summed E-state index contributed by atoms with van der Waals surface area (Å²) in [5.74, 6) is 0.915. The smallest absolute Gasteiger partial charge is 0.0779 e. The van der Waals surface area contributed by atoms with Crippen molar-refractivity contribution < 1.29 is 14.1 Å². The third-order valence-corrected chi connectivity index (χ3v) is 4.04. The van der Waals surface area contributed by atoms with Gasteiger partial charge in [-0.15, -0.1) is 0 Å². The summed E-state index contributed by atoms with van der Waals surface area (Å²) >= 11 is 0. The first-order valence-electron chi connectivity index (χ1n) is 5.96. The second-order valence-electron chi connectivity index (χ2n) is 4.62. The Labute approximate surface area is 100 Å². The van der Waals surface area contributed by atoms with E-state index in [0.717, 1.165) is 19.4 Å². The van der Waals surface area contributed by atoms with Crippen molar-refractivity contribution >= 4 is 10.8 Å². The highest BCUT2D eigenvalue weighted by Gasteiger charge is 2.19. The van der Waals surface area contributed by atoms with Crippen molar-refractivity contribution in [3.63, 3.8) is 0 Å². The number of ether oxygens (including phenoxy) is 1. The van der Waals surface area contributed by atoms with Crippen LogP contribution in [0.2, 0.25) is 0 Å². The zero-order valence-electron chi connectivity index (χ0n) is 10.1. The molecular formula is C11H23NO3S. The van der Waals surface area contributed by atoms with E-state index >= 15 is 0 Å². The highest BCUT2D eigenvalue weighted by Crippen LogP contribution is 2.13. The fourth-order valence-corrected chi connectivity index (χ4v) is 3.06. The van der Waals surface area contributed by atoms with E-state index < -0.39 is 16.9 Å². The summed E-state index contributed by atoms with van der Waals surface area (Å²) in [6.07, 6.45) is 1.70. The molecule has 0 saturated carbocycles. The molecule has 0 spiro atoms. The van der Waals surface area contributed by atoms with Gasteiger partial charge in [-0.2, -0.15) is 0 Å². The Morgan fingerprint density at radius 2 is 2.31 bits per heavy atom. The molecule has 1 aliphatic rings. The van der Waals surface area contributed by atoms with Crippen molar-refractivity contribution in [2.24, 2.45) is 0 Å². The lowest BCUT2D eigenvalue weighted by molar-refractivity contribution is 0.128. The average Bonchev–Trinajstić information content (AvgIpc) is 2.67. The minimum absolute atomic E-state index is 0.145. The first kappa shape index (κ1) is 14.1. The van der Waals surface area contributed by atoms with Crippen LogP contribution in [0.1, 0.15) is 26.7 Å². The molecule has 0 aromatic carbocycles. The maximum Gasteiger partial charge on any atom is 0.0779 e. The molecule has 5 heteroatoms. The second-order valence-corrected chi connectivity index (χ2v) is 6.17. The van der Waals surface area contributed by atoms with Gasteiger partial charge in [-0.3, -0.25) is 4.21 Å². The van der Waals surface area contributed by atoms with Crippen molar-refractivity contribution in [2.45, 2.75) is 44.9 Å². The van der Waals surface area contributed by atoms with Gasteiger partial charge < -0.3 is 15.2 Å². The molecule has 1 fully saturated rings. The van der Waals surface area contributed by atoms with Gasteiger partial charge in [0.2, 0.25) is 0 Å². The number of hydrogen-bond donors (Lipinski definition) is 2. The minimum Gasteiger partial charge on any atom is -0.391 e. The lowest BCUT2D eigenvalue weighted by Gasteiger charge is -2.15. The molecule has 3 unspecified atom stereocenters. The first-order valence-corrected chi connectivity index (χ1v) is 7.44. The second kappa shape index (κ2) is 7.37. The van der Waals surface area contributed by atoms with Crippen LogP contribution in [0.5, 0.6) is 0 Å². The van der Waals surface area contributed by atoms with Crippen LogP contribution in [-0.2, 0) is 15.5 Å². The molecule has 0 amide bonds. The molecule has 0 aromatic heterocycles. The molecular weight excluding hydrogens is 226 g/mol. The highest BCUT2D eigenvalue weighted by atomic mass is 32.2. The van der Waals surface area contributed by atoms with Gasteiger partial charge in [0.15, 0.2) is 0 Å². The molecule has 3 atom stereocenters. The average molecular weight is 249 g/mol. The van der Waals surface area contributed by atoms with E-state index in [1.165, 1.54) is 0 Å². The fraction of sp³-hybridized carbons (Fsp3) is 1.00. The van der Waals surface area contributed by atoms with Crippen molar-refractivity contribution in [1.82, 2.24) is 5.32 Å². The topological polar surface area (TPSA) is 58.6 Å². The van der Waals surface area contributed by atoms with E-state index in [9.17, 15) is 9.32 Å². The van der Waals surface area contributed by atoms with E-state index in [0.29, 0.717) is 24.1 Å². The van der Waals surface area contributed by atoms with Crippen molar-refractivity contribution in [3.05, 3.63) is 0 Å². The quantitative estimate of drug-likeness (QED) is 0.680. The summed E-state index contributed by atoms with van der Waals surface area (Å²) in [5, 5.41) is 12.8. The van der Waals surface area contributed by atoms with Crippen molar-refractivity contribution in [2.75, 3.05) is 24.7 Å². The molecule has 0 bridgehead atoms. The Balaban J connectivity index is 2.12. The SMILES string of the molecule is CC(C)NCC(O)CS(=O)CC1CCCO1. The van der Waals surface area contributed by atoms with Crippen LogP contribution in [0.3, 0.4) is 0 Å². The third-order valence-electron chi connectivity index (χ3n) is 2.54. The van der Waals surface area contributed by atoms with Crippen LogP contribution in [0.25, 0.3) is 0 Å². The zero-order valence-corrected chi connectivity index (χ0v) is 11.0. The molecule has 1 rings (SSSR count). The normalized spacial score (nSPS) is 24.9. The Bertz CT molecular complexity index is 217. The van der Waals surface area contributed by atoms with Crippen molar-refractivity contribution in [3.8, 4) is 0 Å². The minimum atomic E-state index is -0.970. The summed E-state index contributed by atoms with van der Waals surface area (Å²) in [6, 6.07) is 0.348. The largest absolute Gasteiger partial charge is 0.391 e. The van der Waals surface area contributed by atoms with Gasteiger partial charge >= 0.3 is 0 Å². The number of nitrogens with one attached hydrogen (secondary N) is 1. The number of aliphatic hydroxyl groups excluding tert-OH is 1. The number of hydrogen-bond acceptors (Lipinski definition) is 4. The lowest BCUT2D eigenvalue weighted by atomic mass is 10.3. The summed E-state index contributed by atoms with van der Waals surface area (Å²) < 4.78 is 17.1. The van der Waals surface area contributed by atoms with Gasteiger partial charge in [0.25, 0.3) is 0 Å². The summed E-state index contributed by atoms with van der Waals surface area (Å²) in [5.41, 5.74) is 0. The van der Waals surface area contributed by atoms with Crippen LogP contribution < -0.4 is 5.32 Å². The number of aliphatic hydroxyl groups is 1. The monoisotopic (exact) mass is 249 g/mol. The Morgan fingerprint density at radius 1 is 1.56 bits per heavy atom. The van der Waals surface area contributed by atoms with E-state index in [1.54, 1.807) is 0 Å². The summed E-state index contributed by atoms with van der Waals surface area (Å²) in [4.78, 5) is 0. The van der Waals surface area contributed by atoms with Crippen LogP contribution in [-0.4, -0.2) is 52.2 Å². The van der Waals surface area contributed by atoms with Gasteiger partial charge in [0.1, 0.15) is 0 Å². The maximum atomic E-state index is 11.7. The van der Waals surface area contributed by atoms with Gasteiger partial charge in [-0.05, 0) is 12.8 Å².